The molecule has 0 atom stereocenters. The number of rotatable bonds is 2. The lowest BCUT2D eigenvalue weighted by Crippen LogP contribution is -3.00. The van der Waals surface area contributed by atoms with Crippen molar-refractivity contribution >= 4 is 11.6 Å². The normalized spacial score (nSPS) is 14.6. The van der Waals surface area contributed by atoms with Gasteiger partial charge in [0, 0.05) is 17.2 Å². The van der Waals surface area contributed by atoms with E-state index in [9.17, 15) is 0 Å². The van der Waals surface area contributed by atoms with Crippen molar-refractivity contribution in [2.24, 2.45) is 0 Å². The second-order valence-electron chi connectivity index (χ2n) is 5.74. The fraction of sp³-hybridized carbons (Fsp3) is 0.0952. The highest BCUT2D eigenvalue weighted by atomic mass is 35.5. The quantitative estimate of drug-likeness (QED) is 0.707. The molecule has 3 aromatic carbocycles. The molecule has 1 N–H and O–H groups in total. The lowest BCUT2D eigenvalue weighted by atomic mass is 9.79. The third-order valence-corrected chi connectivity index (χ3v) is 4.28. The van der Waals surface area contributed by atoms with Gasteiger partial charge in [0.05, 0.1) is 12.5 Å². The Morgan fingerprint density at radius 2 is 1.21 bits per heavy atom. The number of hydrogen-bond acceptors (Lipinski definition) is 1. The molecule has 0 bridgehead atoms. The molecule has 1 aliphatic heterocycles. The Kier molecular flexibility index (Phi) is 4.41. The minimum absolute atomic E-state index is 0. The molecule has 2 nitrogen and oxygen atoms in total. The minimum atomic E-state index is -0.631. The first kappa shape index (κ1) is 16.3. The molecule has 1 aliphatic rings. The zero-order valence-corrected chi connectivity index (χ0v) is 14.1. The van der Waals surface area contributed by atoms with Crippen molar-refractivity contribution in [2.45, 2.75) is 12.5 Å². The Morgan fingerprint density at radius 1 is 0.708 bits per heavy atom. The largest absolute Gasteiger partial charge is 1.00 e. The first-order valence-electron chi connectivity index (χ1n) is 7.81. The molecule has 0 amide bonds. The first-order chi connectivity index (χ1) is 11.3. The van der Waals surface area contributed by atoms with E-state index in [1.807, 2.05) is 25.1 Å². The first-order valence-corrected chi connectivity index (χ1v) is 7.81. The van der Waals surface area contributed by atoms with Crippen LogP contribution >= 0.6 is 0 Å². The van der Waals surface area contributed by atoms with Gasteiger partial charge in [-0.3, -0.25) is 0 Å². The number of benzene rings is 3. The van der Waals surface area contributed by atoms with E-state index in [1.54, 1.807) is 0 Å². The fourth-order valence-corrected chi connectivity index (χ4v) is 3.34. The summed E-state index contributed by atoms with van der Waals surface area (Å²) in [5.41, 5.74) is 3.83. The van der Waals surface area contributed by atoms with Gasteiger partial charge in [-0.05, 0) is 6.07 Å². The molecular formula is C21H18ClNO. The van der Waals surface area contributed by atoms with E-state index in [4.69, 9.17) is 4.74 Å². The lowest BCUT2D eigenvalue weighted by molar-refractivity contribution is -0.380. The van der Waals surface area contributed by atoms with Gasteiger partial charge in [-0.1, -0.05) is 72.8 Å². The van der Waals surface area contributed by atoms with Gasteiger partial charge in [-0.15, -0.1) is 0 Å². The predicted molar refractivity (Wildman–Crippen MR) is 91.6 cm³/mol. The molecule has 0 spiro atoms. The maximum absolute atomic E-state index is 6.48. The molecule has 0 radical (unpaired) electrons. The van der Waals surface area contributed by atoms with Gasteiger partial charge in [0.15, 0.2) is 5.60 Å². The minimum Gasteiger partial charge on any atom is -1.00 e. The van der Waals surface area contributed by atoms with Gasteiger partial charge in [0.1, 0.15) is 0 Å². The molecule has 0 aliphatic carbocycles. The Bertz CT molecular complexity index is 820. The van der Waals surface area contributed by atoms with Crippen molar-refractivity contribution in [1.29, 1.82) is 0 Å². The van der Waals surface area contributed by atoms with Crippen LogP contribution in [0.2, 0.25) is 0 Å². The molecular weight excluding hydrogens is 318 g/mol. The Balaban J connectivity index is 0.00000169. The van der Waals surface area contributed by atoms with Crippen LogP contribution in [0.25, 0.3) is 0 Å². The molecule has 0 fully saturated rings. The van der Waals surface area contributed by atoms with E-state index in [0.29, 0.717) is 0 Å². The molecule has 120 valence electrons. The zero-order chi connectivity index (χ0) is 15.7. The van der Waals surface area contributed by atoms with Gasteiger partial charge >= 0.3 is 5.90 Å². The van der Waals surface area contributed by atoms with Crippen molar-refractivity contribution in [3.05, 3.63) is 102 Å². The van der Waals surface area contributed by atoms with E-state index >= 15 is 0 Å². The van der Waals surface area contributed by atoms with Crippen LogP contribution in [0.4, 0.5) is 5.69 Å². The van der Waals surface area contributed by atoms with E-state index in [2.05, 4.69) is 71.7 Å². The summed E-state index contributed by atoms with van der Waals surface area (Å²) in [6, 6.07) is 29.2. The number of para-hydroxylation sites is 1. The number of hydrogen-bond donors (Lipinski definition) is 1. The van der Waals surface area contributed by atoms with Crippen molar-refractivity contribution in [2.75, 3.05) is 0 Å². The summed E-state index contributed by atoms with van der Waals surface area (Å²) in [6.45, 7) is 1.97. The van der Waals surface area contributed by atoms with Crippen LogP contribution in [0, 0.1) is 0 Å². The van der Waals surface area contributed by atoms with Crippen molar-refractivity contribution in [1.82, 2.24) is 0 Å². The van der Waals surface area contributed by atoms with E-state index in [-0.39, 0.29) is 12.4 Å². The fourth-order valence-electron chi connectivity index (χ4n) is 3.34. The average Bonchev–Trinajstić information content (AvgIpc) is 2.62. The van der Waals surface area contributed by atoms with Crippen LogP contribution in [0.3, 0.4) is 0 Å². The highest BCUT2D eigenvalue weighted by molar-refractivity contribution is 5.74. The topological polar surface area (TPSA) is 23.2 Å². The highest BCUT2D eigenvalue weighted by Crippen LogP contribution is 2.43. The van der Waals surface area contributed by atoms with Crippen LogP contribution in [0.5, 0.6) is 0 Å². The summed E-state index contributed by atoms with van der Waals surface area (Å²) >= 11 is 0. The average molecular weight is 336 g/mol. The molecule has 0 unspecified atom stereocenters. The molecule has 1 heterocycles. The van der Waals surface area contributed by atoms with Crippen LogP contribution in [-0.2, 0) is 10.3 Å². The summed E-state index contributed by atoms with van der Waals surface area (Å²) in [5.74, 6) is 0.802. The summed E-state index contributed by atoms with van der Waals surface area (Å²) in [6.07, 6.45) is 0. The van der Waals surface area contributed by atoms with Gasteiger partial charge in [0.25, 0.3) is 0 Å². The predicted octanol–water partition coefficient (Wildman–Crippen LogP) is 0.143. The van der Waals surface area contributed by atoms with Crippen molar-refractivity contribution < 1.29 is 22.1 Å². The maximum Gasteiger partial charge on any atom is 0.338 e. The number of nitrogens with one attached hydrogen (secondary N) is 1. The molecule has 3 aromatic rings. The molecule has 24 heavy (non-hydrogen) atoms. The second-order valence-corrected chi connectivity index (χ2v) is 5.74. The van der Waals surface area contributed by atoms with E-state index in [1.165, 1.54) is 0 Å². The van der Waals surface area contributed by atoms with Gasteiger partial charge in [0.2, 0.25) is 5.69 Å². The Labute approximate surface area is 148 Å². The van der Waals surface area contributed by atoms with Crippen LogP contribution in [0.1, 0.15) is 23.6 Å². The lowest BCUT2D eigenvalue weighted by Gasteiger charge is -2.36. The third kappa shape index (κ3) is 2.49. The van der Waals surface area contributed by atoms with Crippen molar-refractivity contribution in [3.63, 3.8) is 0 Å². The number of fused-ring (bicyclic) bond motifs is 1. The highest BCUT2D eigenvalue weighted by Gasteiger charge is 2.45. The summed E-state index contributed by atoms with van der Waals surface area (Å²) in [4.78, 5) is 3.35. The smallest absolute Gasteiger partial charge is 0.338 e. The molecule has 3 heteroatoms. The van der Waals surface area contributed by atoms with Gasteiger partial charge < -0.3 is 17.1 Å². The van der Waals surface area contributed by atoms with Crippen molar-refractivity contribution in [3.8, 4) is 0 Å². The second kappa shape index (κ2) is 6.50. The molecule has 0 saturated carbocycles. The standard InChI is InChI=1S/C21H17NO.ClH/c1-16-22-20-15-9-8-14-19(20)21(23-16,17-10-4-2-5-11-17)18-12-6-3-7-13-18;/h2-15H,1H3;1H. The maximum atomic E-state index is 6.48. The third-order valence-electron chi connectivity index (χ3n) is 4.28. The monoisotopic (exact) mass is 335 g/mol. The zero-order valence-electron chi connectivity index (χ0n) is 13.4. The summed E-state index contributed by atoms with van der Waals surface area (Å²) in [7, 11) is 0. The molecule has 0 saturated heterocycles. The summed E-state index contributed by atoms with van der Waals surface area (Å²) < 4.78 is 6.48. The number of ether oxygens (including phenoxy) is 1. The molecule has 0 aromatic heterocycles. The Hall–Kier alpha value is -2.58. The van der Waals surface area contributed by atoms with Crippen LogP contribution < -0.4 is 17.4 Å². The summed E-state index contributed by atoms with van der Waals surface area (Å²) in [5, 5.41) is 0. The van der Waals surface area contributed by atoms with E-state index < -0.39 is 5.60 Å². The van der Waals surface area contributed by atoms with Gasteiger partial charge in [-0.25, -0.2) is 0 Å². The van der Waals surface area contributed by atoms with Crippen LogP contribution in [-0.4, -0.2) is 5.90 Å². The van der Waals surface area contributed by atoms with E-state index in [0.717, 1.165) is 28.3 Å². The molecule has 4 rings (SSSR count). The van der Waals surface area contributed by atoms with Crippen LogP contribution in [0.15, 0.2) is 84.9 Å². The number of halogens is 1. The Morgan fingerprint density at radius 3 is 1.79 bits per heavy atom. The van der Waals surface area contributed by atoms with Gasteiger partial charge in [-0.2, -0.15) is 4.99 Å². The SMILES string of the molecule is CC1=[NH+]c2ccccc2C(c2ccccc2)(c2ccccc2)O1.[Cl-].